The molecule has 3 heteroatoms. The van der Waals surface area contributed by atoms with Crippen LogP contribution in [0.1, 0.15) is 0 Å². The molecule has 0 spiro atoms. The van der Waals surface area contributed by atoms with Gasteiger partial charge >= 0.3 is 0 Å². The normalized spacial score (nSPS) is 10.8. The quantitative estimate of drug-likeness (QED) is 0.626. The van der Waals surface area contributed by atoms with Crippen LogP contribution in [0.3, 0.4) is 0 Å². The molecule has 1 N–H and O–H groups in total. The van der Waals surface area contributed by atoms with Crippen LogP contribution in [0.15, 0.2) is 42.7 Å². The number of anilines is 1. The minimum absolute atomic E-state index is 0.949. The molecule has 0 fully saturated rings. The molecule has 1 aromatic carbocycles. The maximum absolute atomic E-state index is 4.42. The van der Waals surface area contributed by atoms with Gasteiger partial charge in [-0.1, -0.05) is 6.07 Å². The number of hydrogen-bond acceptors (Lipinski definition) is 3. The van der Waals surface area contributed by atoms with Crippen LogP contribution in [0.2, 0.25) is 0 Å². The highest BCUT2D eigenvalue weighted by atomic mass is 14.8. The molecule has 2 heterocycles. The molecule has 0 saturated heterocycles. The average Bonchev–Trinajstić information content (AvgIpc) is 2.38. The van der Waals surface area contributed by atoms with E-state index in [9.17, 15) is 0 Å². The molecular formula is C13H11N3. The lowest BCUT2D eigenvalue weighted by Gasteiger charge is -2.07. The van der Waals surface area contributed by atoms with Gasteiger partial charge in [-0.15, -0.1) is 0 Å². The van der Waals surface area contributed by atoms with Crippen LogP contribution in [0.25, 0.3) is 21.8 Å². The molecule has 16 heavy (non-hydrogen) atoms. The van der Waals surface area contributed by atoms with Gasteiger partial charge < -0.3 is 5.32 Å². The maximum atomic E-state index is 4.42. The van der Waals surface area contributed by atoms with Crippen molar-refractivity contribution in [2.75, 3.05) is 12.4 Å². The highest BCUT2D eigenvalue weighted by molar-refractivity contribution is 6.08. The first kappa shape index (κ1) is 9.09. The van der Waals surface area contributed by atoms with Gasteiger partial charge in [-0.25, -0.2) is 0 Å². The van der Waals surface area contributed by atoms with Gasteiger partial charge in [-0.3, -0.25) is 9.97 Å². The van der Waals surface area contributed by atoms with Crippen molar-refractivity contribution < 1.29 is 0 Å². The third-order valence-corrected chi connectivity index (χ3v) is 2.73. The Balaban J connectivity index is 2.57. The highest BCUT2D eigenvalue weighted by Crippen LogP contribution is 2.28. The summed E-state index contributed by atoms with van der Waals surface area (Å²) in [5, 5.41) is 5.41. The third kappa shape index (κ3) is 1.21. The largest absolute Gasteiger partial charge is 0.388 e. The maximum Gasteiger partial charge on any atom is 0.0985 e. The van der Waals surface area contributed by atoms with Crippen molar-refractivity contribution in [3.63, 3.8) is 0 Å². The van der Waals surface area contributed by atoms with E-state index in [2.05, 4.69) is 33.5 Å². The van der Waals surface area contributed by atoms with Gasteiger partial charge in [-0.2, -0.15) is 0 Å². The Morgan fingerprint density at radius 3 is 2.56 bits per heavy atom. The Kier molecular flexibility index (Phi) is 1.96. The van der Waals surface area contributed by atoms with Crippen LogP contribution in [0.5, 0.6) is 0 Å². The van der Waals surface area contributed by atoms with Crippen LogP contribution in [0, 0.1) is 0 Å². The Bertz CT molecular complexity index is 661. The predicted octanol–water partition coefficient (Wildman–Crippen LogP) is 2.82. The summed E-state index contributed by atoms with van der Waals surface area (Å²) in [5.41, 5.74) is 2.99. The van der Waals surface area contributed by atoms with Gasteiger partial charge in [0.2, 0.25) is 0 Å². The number of nitrogens with one attached hydrogen (secondary N) is 1. The van der Waals surface area contributed by atoms with Crippen LogP contribution in [0.4, 0.5) is 5.69 Å². The molecule has 0 aliphatic rings. The van der Waals surface area contributed by atoms with E-state index >= 15 is 0 Å². The molecule has 0 radical (unpaired) electrons. The molecule has 0 aliphatic heterocycles. The van der Waals surface area contributed by atoms with E-state index in [0.29, 0.717) is 0 Å². The van der Waals surface area contributed by atoms with E-state index in [4.69, 9.17) is 0 Å². The van der Waals surface area contributed by atoms with Crippen LogP contribution < -0.4 is 5.32 Å². The van der Waals surface area contributed by atoms with Crippen LogP contribution in [-0.4, -0.2) is 17.0 Å². The lowest BCUT2D eigenvalue weighted by atomic mass is 10.1. The number of nitrogens with zero attached hydrogens (tertiary/aromatic N) is 2. The molecule has 3 aromatic rings. The number of aromatic nitrogens is 2. The van der Waals surface area contributed by atoms with E-state index in [1.807, 2.05) is 19.2 Å². The molecule has 0 aliphatic carbocycles. The van der Waals surface area contributed by atoms with Crippen molar-refractivity contribution in [1.82, 2.24) is 9.97 Å². The first-order valence-corrected chi connectivity index (χ1v) is 5.20. The fraction of sp³-hybridized carbons (Fsp3) is 0.0769. The first-order chi connectivity index (χ1) is 7.90. The van der Waals surface area contributed by atoms with Gasteiger partial charge in [0, 0.05) is 35.9 Å². The third-order valence-electron chi connectivity index (χ3n) is 2.73. The second-order valence-electron chi connectivity index (χ2n) is 3.65. The Morgan fingerprint density at radius 2 is 1.75 bits per heavy atom. The fourth-order valence-electron chi connectivity index (χ4n) is 1.98. The van der Waals surface area contributed by atoms with E-state index in [0.717, 1.165) is 27.5 Å². The van der Waals surface area contributed by atoms with Crippen molar-refractivity contribution >= 4 is 27.5 Å². The standard InChI is InChI=1S/C13H11N3/c1-14-11-8-9-4-2-6-15-12(9)13-10(11)5-3-7-16-13/h2-8,14H,1H3. The zero-order chi connectivity index (χ0) is 11.0. The first-order valence-electron chi connectivity index (χ1n) is 5.20. The molecule has 0 saturated carbocycles. The van der Waals surface area contributed by atoms with Gasteiger partial charge in [0.1, 0.15) is 0 Å². The molecular weight excluding hydrogens is 198 g/mol. The lowest BCUT2D eigenvalue weighted by molar-refractivity contribution is 1.37. The zero-order valence-corrected chi connectivity index (χ0v) is 8.94. The molecule has 2 aromatic heterocycles. The number of hydrogen-bond donors (Lipinski definition) is 1. The summed E-state index contributed by atoms with van der Waals surface area (Å²) >= 11 is 0. The van der Waals surface area contributed by atoms with Gasteiger partial charge in [0.05, 0.1) is 11.0 Å². The van der Waals surface area contributed by atoms with Crippen LogP contribution in [-0.2, 0) is 0 Å². The van der Waals surface area contributed by atoms with Crippen LogP contribution >= 0.6 is 0 Å². The van der Waals surface area contributed by atoms with Crippen molar-refractivity contribution in [2.24, 2.45) is 0 Å². The topological polar surface area (TPSA) is 37.8 Å². The minimum atomic E-state index is 0.949. The van der Waals surface area contributed by atoms with Crippen molar-refractivity contribution in [3.05, 3.63) is 42.7 Å². The van der Waals surface area contributed by atoms with Crippen molar-refractivity contribution in [2.45, 2.75) is 0 Å². The second-order valence-corrected chi connectivity index (χ2v) is 3.65. The number of benzene rings is 1. The Morgan fingerprint density at radius 1 is 1.00 bits per heavy atom. The van der Waals surface area contributed by atoms with Gasteiger partial charge in [0.25, 0.3) is 0 Å². The number of pyridine rings is 2. The van der Waals surface area contributed by atoms with E-state index in [1.54, 1.807) is 12.4 Å². The molecule has 78 valence electrons. The van der Waals surface area contributed by atoms with Crippen molar-refractivity contribution in [1.29, 1.82) is 0 Å². The molecule has 3 nitrogen and oxygen atoms in total. The van der Waals surface area contributed by atoms with Crippen molar-refractivity contribution in [3.8, 4) is 0 Å². The molecule has 0 amide bonds. The smallest absolute Gasteiger partial charge is 0.0985 e. The van der Waals surface area contributed by atoms with Gasteiger partial charge in [-0.05, 0) is 24.3 Å². The second kappa shape index (κ2) is 3.45. The molecule has 0 bridgehead atoms. The summed E-state index contributed by atoms with van der Waals surface area (Å²) < 4.78 is 0. The lowest BCUT2D eigenvalue weighted by Crippen LogP contribution is -1.92. The summed E-state index contributed by atoms with van der Waals surface area (Å²) in [7, 11) is 1.92. The Hall–Kier alpha value is -2.16. The number of fused-ring (bicyclic) bond motifs is 3. The molecule has 0 atom stereocenters. The van der Waals surface area contributed by atoms with Gasteiger partial charge in [0.15, 0.2) is 0 Å². The minimum Gasteiger partial charge on any atom is -0.388 e. The highest BCUT2D eigenvalue weighted by Gasteiger charge is 2.06. The average molecular weight is 209 g/mol. The fourth-order valence-corrected chi connectivity index (χ4v) is 1.98. The van der Waals surface area contributed by atoms with E-state index in [1.165, 1.54) is 0 Å². The van der Waals surface area contributed by atoms with E-state index in [-0.39, 0.29) is 0 Å². The summed E-state index contributed by atoms with van der Waals surface area (Å²) in [5.74, 6) is 0. The summed E-state index contributed by atoms with van der Waals surface area (Å²) in [4.78, 5) is 8.81. The molecule has 0 unspecified atom stereocenters. The monoisotopic (exact) mass is 209 g/mol. The molecule has 3 rings (SSSR count). The van der Waals surface area contributed by atoms with E-state index < -0.39 is 0 Å². The summed E-state index contributed by atoms with van der Waals surface area (Å²) in [6.07, 6.45) is 3.60. The summed E-state index contributed by atoms with van der Waals surface area (Å²) in [6, 6.07) is 10.1. The number of rotatable bonds is 1. The predicted molar refractivity (Wildman–Crippen MR) is 66.6 cm³/mol. The Labute approximate surface area is 93.1 Å². The zero-order valence-electron chi connectivity index (χ0n) is 8.94. The summed E-state index contributed by atoms with van der Waals surface area (Å²) in [6.45, 7) is 0. The SMILES string of the molecule is CNc1cc2cccnc2c2ncccc12.